The zero-order valence-corrected chi connectivity index (χ0v) is 10.7. The Hall–Kier alpha value is -1.59. The van der Waals surface area contributed by atoms with Crippen LogP contribution >= 0.6 is 11.3 Å². The lowest BCUT2D eigenvalue weighted by Gasteiger charge is -2.18. The first kappa shape index (κ1) is 11.5. The van der Waals surface area contributed by atoms with Crippen molar-refractivity contribution < 1.29 is 9.47 Å². The number of thiazole rings is 1. The Bertz CT molecular complexity index is 554. The third-order valence-electron chi connectivity index (χ3n) is 2.74. The fourth-order valence-electron chi connectivity index (χ4n) is 1.88. The number of ether oxygens (including phenoxy) is 2. The molecule has 0 saturated heterocycles. The van der Waals surface area contributed by atoms with E-state index in [2.05, 4.69) is 4.98 Å². The number of benzene rings is 1. The lowest BCUT2D eigenvalue weighted by molar-refractivity contribution is 0.171. The van der Waals surface area contributed by atoms with Crippen LogP contribution in [0.2, 0.25) is 0 Å². The zero-order valence-electron chi connectivity index (χ0n) is 9.89. The summed E-state index contributed by atoms with van der Waals surface area (Å²) in [6, 6.07) is 5.99. The summed E-state index contributed by atoms with van der Waals surface area (Å²) in [4.78, 5) is 5.50. The molecule has 2 heterocycles. The summed E-state index contributed by atoms with van der Waals surface area (Å²) in [5.74, 6) is 1.63. The van der Waals surface area contributed by atoms with Gasteiger partial charge in [-0.2, -0.15) is 0 Å². The summed E-state index contributed by atoms with van der Waals surface area (Å²) in [7, 11) is 0. The average Bonchev–Trinajstić information content (AvgIpc) is 2.87. The number of nitrogens with zero attached hydrogens (tertiary/aromatic N) is 1. The number of hydrogen-bond donors (Lipinski definition) is 1. The van der Waals surface area contributed by atoms with Crippen LogP contribution in [0.3, 0.4) is 0 Å². The smallest absolute Gasteiger partial charge is 0.162 e. The highest BCUT2D eigenvalue weighted by atomic mass is 32.1. The number of fused-ring (bicyclic) bond motifs is 1. The molecule has 18 heavy (non-hydrogen) atoms. The van der Waals surface area contributed by atoms with Gasteiger partial charge >= 0.3 is 0 Å². The lowest BCUT2D eigenvalue weighted by Crippen LogP contribution is -2.15. The lowest BCUT2D eigenvalue weighted by atomic mass is 10.2. The molecule has 1 aliphatic rings. The molecule has 0 fully saturated rings. The summed E-state index contributed by atoms with van der Waals surface area (Å²) in [6.45, 7) is 1.86. The summed E-state index contributed by atoms with van der Waals surface area (Å²) in [5, 5.41) is 1.07. The largest absolute Gasteiger partial charge is 0.486 e. The fraction of sp³-hybridized carbons (Fsp3) is 0.308. The van der Waals surface area contributed by atoms with Gasteiger partial charge in [-0.3, -0.25) is 0 Å². The highest BCUT2D eigenvalue weighted by molar-refractivity contribution is 7.15. The van der Waals surface area contributed by atoms with Gasteiger partial charge in [-0.15, -0.1) is 11.3 Å². The van der Waals surface area contributed by atoms with Gasteiger partial charge in [0.25, 0.3) is 0 Å². The van der Waals surface area contributed by atoms with Gasteiger partial charge in [0.05, 0.1) is 9.88 Å². The van der Waals surface area contributed by atoms with E-state index in [1.54, 1.807) is 11.3 Å². The van der Waals surface area contributed by atoms with Crippen LogP contribution in [0.1, 0.15) is 5.01 Å². The van der Waals surface area contributed by atoms with Crippen LogP contribution in [0.15, 0.2) is 24.4 Å². The van der Waals surface area contributed by atoms with Crippen molar-refractivity contribution in [3.05, 3.63) is 29.4 Å². The molecule has 0 bridgehead atoms. The van der Waals surface area contributed by atoms with E-state index in [1.807, 2.05) is 24.4 Å². The predicted octanol–water partition coefficient (Wildman–Crippen LogP) is 2.08. The normalized spacial score (nSPS) is 13.6. The van der Waals surface area contributed by atoms with Crippen LogP contribution in [0.5, 0.6) is 11.5 Å². The molecule has 1 aromatic carbocycles. The van der Waals surface area contributed by atoms with Gasteiger partial charge in [-0.25, -0.2) is 4.98 Å². The Kier molecular flexibility index (Phi) is 3.17. The van der Waals surface area contributed by atoms with Crippen LogP contribution in [0.4, 0.5) is 0 Å². The fourth-order valence-corrected chi connectivity index (χ4v) is 2.81. The molecule has 0 spiro atoms. The van der Waals surface area contributed by atoms with Crippen molar-refractivity contribution in [3.63, 3.8) is 0 Å². The van der Waals surface area contributed by atoms with Crippen LogP contribution in [-0.2, 0) is 6.42 Å². The second-order valence-electron chi connectivity index (χ2n) is 4.02. The monoisotopic (exact) mass is 262 g/mol. The molecule has 94 valence electrons. The molecule has 2 N–H and O–H groups in total. The van der Waals surface area contributed by atoms with Crippen LogP contribution in [0.25, 0.3) is 10.4 Å². The number of aromatic nitrogens is 1. The van der Waals surface area contributed by atoms with Crippen LogP contribution < -0.4 is 15.2 Å². The van der Waals surface area contributed by atoms with E-state index in [-0.39, 0.29) is 0 Å². The minimum atomic E-state index is 0.609. The predicted molar refractivity (Wildman–Crippen MR) is 71.3 cm³/mol. The molecule has 0 aliphatic carbocycles. The highest BCUT2D eigenvalue weighted by Crippen LogP contribution is 2.36. The average molecular weight is 262 g/mol. The maximum atomic E-state index is 5.58. The van der Waals surface area contributed by atoms with E-state index in [1.165, 1.54) is 0 Å². The second-order valence-corrected chi connectivity index (χ2v) is 5.13. The molecule has 1 aromatic heterocycles. The number of rotatable bonds is 3. The van der Waals surface area contributed by atoms with E-state index < -0.39 is 0 Å². The van der Waals surface area contributed by atoms with E-state index in [4.69, 9.17) is 15.2 Å². The Morgan fingerprint density at radius 3 is 2.89 bits per heavy atom. The van der Waals surface area contributed by atoms with Gasteiger partial charge in [-0.1, -0.05) is 0 Å². The second kappa shape index (κ2) is 4.96. The standard InChI is InChI=1S/C13H14N2O2S/c14-4-3-13-15-8-12(18-13)9-1-2-10-11(7-9)17-6-5-16-10/h1-2,7-8H,3-6,14H2. The van der Waals surface area contributed by atoms with Crippen molar-refractivity contribution in [2.45, 2.75) is 6.42 Å². The van der Waals surface area contributed by atoms with Crippen molar-refractivity contribution in [1.82, 2.24) is 4.98 Å². The molecule has 1 aliphatic heterocycles. The van der Waals surface area contributed by atoms with Gasteiger partial charge in [0.15, 0.2) is 11.5 Å². The first-order chi connectivity index (χ1) is 8.86. The highest BCUT2D eigenvalue weighted by Gasteiger charge is 2.13. The van der Waals surface area contributed by atoms with E-state index in [0.717, 1.165) is 33.4 Å². The Morgan fingerprint density at radius 2 is 2.06 bits per heavy atom. The molecule has 2 aromatic rings. The number of nitrogens with two attached hydrogens (primary N) is 1. The first-order valence-electron chi connectivity index (χ1n) is 5.91. The van der Waals surface area contributed by atoms with Crippen molar-refractivity contribution in [2.24, 2.45) is 5.73 Å². The van der Waals surface area contributed by atoms with Gasteiger partial charge in [0.1, 0.15) is 13.2 Å². The molecular weight excluding hydrogens is 248 g/mol. The third-order valence-corrected chi connectivity index (χ3v) is 3.84. The molecule has 3 rings (SSSR count). The maximum Gasteiger partial charge on any atom is 0.162 e. The molecule has 0 saturated carbocycles. The topological polar surface area (TPSA) is 57.4 Å². The van der Waals surface area contributed by atoms with Crippen molar-refractivity contribution in [1.29, 1.82) is 0 Å². The quantitative estimate of drug-likeness (QED) is 0.920. The van der Waals surface area contributed by atoms with E-state index in [0.29, 0.717) is 19.8 Å². The van der Waals surface area contributed by atoms with Gasteiger partial charge in [0.2, 0.25) is 0 Å². The van der Waals surface area contributed by atoms with Crippen LogP contribution in [0, 0.1) is 0 Å². The summed E-state index contributed by atoms with van der Waals surface area (Å²) in [5.41, 5.74) is 6.64. The van der Waals surface area contributed by atoms with Crippen molar-refractivity contribution >= 4 is 11.3 Å². The van der Waals surface area contributed by atoms with Gasteiger partial charge < -0.3 is 15.2 Å². The molecule has 0 unspecified atom stereocenters. The molecule has 0 atom stereocenters. The maximum absolute atomic E-state index is 5.58. The summed E-state index contributed by atoms with van der Waals surface area (Å²) in [6.07, 6.45) is 2.72. The van der Waals surface area contributed by atoms with E-state index in [9.17, 15) is 0 Å². The minimum Gasteiger partial charge on any atom is -0.486 e. The molecule has 0 radical (unpaired) electrons. The molecular formula is C13H14N2O2S. The molecule has 5 heteroatoms. The third kappa shape index (κ3) is 2.19. The Morgan fingerprint density at radius 1 is 1.22 bits per heavy atom. The first-order valence-corrected chi connectivity index (χ1v) is 6.73. The molecule has 0 amide bonds. The number of hydrogen-bond acceptors (Lipinski definition) is 5. The van der Waals surface area contributed by atoms with Crippen molar-refractivity contribution in [3.8, 4) is 21.9 Å². The van der Waals surface area contributed by atoms with E-state index >= 15 is 0 Å². The van der Waals surface area contributed by atoms with Gasteiger partial charge in [0, 0.05) is 12.6 Å². The summed E-state index contributed by atoms with van der Waals surface area (Å²) < 4.78 is 11.1. The zero-order chi connectivity index (χ0) is 12.4. The van der Waals surface area contributed by atoms with Crippen LogP contribution in [-0.4, -0.2) is 24.7 Å². The molecule has 4 nitrogen and oxygen atoms in total. The minimum absolute atomic E-state index is 0.609. The Balaban J connectivity index is 1.91. The summed E-state index contributed by atoms with van der Waals surface area (Å²) >= 11 is 1.67. The Labute approximate surface area is 109 Å². The van der Waals surface area contributed by atoms with Gasteiger partial charge in [-0.05, 0) is 30.3 Å². The van der Waals surface area contributed by atoms with Crippen molar-refractivity contribution in [2.75, 3.05) is 19.8 Å². The SMILES string of the molecule is NCCc1ncc(-c2ccc3c(c2)OCCO3)s1.